The molecule has 0 spiro atoms. The fourth-order valence-electron chi connectivity index (χ4n) is 5.29. The number of ketones is 1. The maximum atomic E-state index is 13.1. The highest BCUT2D eigenvalue weighted by Crippen LogP contribution is 2.36. The van der Waals surface area contributed by atoms with E-state index in [1.807, 2.05) is 46.6 Å². The molecule has 0 atom stereocenters. The van der Waals surface area contributed by atoms with Crippen molar-refractivity contribution in [2.45, 2.75) is 38.8 Å². The van der Waals surface area contributed by atoms with E-state index >= 15 is 0 Å². The summed E-state index contributed by atoms with van der Waals surface area (Å²) < 4.78 is 15.6. The molecule has 0 aliphatic carbocycles. The molecule has 0 saturated heterocycles. The van der Waals surface area contributed by atoms with Crippen LogP contribution in [0.2, 0.25) is 10.0 Å². The van der Waals surface area contributed by atoms with Crippen molar-refractivity contribution in [3.63, 3.8) is 0 Å². The molecule has 2 amide bonds. The van der Waals surface area contributed by atoms with Crippen LogP contribution in [0.4, 0.5) is 5.69 Å². The summed E-state index contributed by atoms with van der Waals surface area (Å²) in [5, 5.41) is 3.24. The third-order valence-electron chi connectivity index (χ3n) is 7.99. The maximum absolute atomic E-state index is 13.1. The minimum absolute atomic E-state index is 0.0185. The number of ether oxygens (including phenoxy) is 2. The zero-order chi connectivity index (χ0) is 34.4. The molecule has 3 aromatic carbocycles. The first-order chi connectivity index (χ1) is 23.1. The summed E-state index contributed by atoms with van der Waals surface area (Å²) in [6.07, 6.45) is 4.61. The first-order valence-electron chi connectivity index (χ1n) is 15.3. The minimum atomic E-state index is -0.260. The lowest BCUT2D eigenvalue weighted by molar-refractivity contribution is -0.123. The van der Waals surface area contributed by atoms with Crippen LogP contribution in [-0.2, 0) is 36.2 Å². The monoisotopic (exact) mass is 690 g/mol. The van der Waals surface area contributed by atoms with Gasteiger partial charge in [0.2, 0.25) is 5.91 Å². The van der Waals surface area contributed by atoms with Crippen molar-refractivity contribution in [2.24, 2.45) is 7.05 Å². The number of Topliss-reactive ketones (excluding diaryl/α,β-unsaturated/α-hetero) is 1. The molecular formula is C35H36Cl2N6O5. The number of halogens is 2. The van der Waals surface area contributed by atoms with Gasteiger partial charge in [-0.2, -0.15) is 4.98 Å². The number of imidazole rings is 2. The molecule has 13 heteroatoms. The summed E-state index contributed by atoms with van der Waals surface area (Å²) >= 11 is 13.4. The standard InChI is InChI=1S/C35H36Cl2N6O5/c1-38-34(46)23-11-8-22(9-12-23)10-13-25(44)14-17-31(45)42(3)28-16-15-27(36)26(32(28)37)20-48-30-7-5-6-29-33(30)40-35(47-4)43(29)19-24-18-41(2)21-39-24/h5-9,11-12,15-16,18,21H,10,13-14,17,19-20H2,1-4H3,(H,38,46). The van der Waals surface area contributed by atoms with Gasteiger partial charge in [0.15, 0.2) is 0 Å². The second-order valence-electron chi connectivity index (χ2n) is 11.3. The summed E-state index contributed by atoms with van der Waals surface area (Å²) in [6, 6.07) is 16.5. The Morgan fingerprint density at radius 2 is 1.77 bits per heavy atom. The van der Waals surface area contributed by atoms with Crippen molar-refractivity contribution in [1.82, 2.24) is 24.4 Å². The molecule has 0 aliphatic rings. The van der Waals surface area contributed by atoms with Crippen LogP contribution in [0, 0.1) is 0 Å². The Balaban J connectivity index is 1.22. The van der Waals surface area contributed by atoms with Gasteiger partial charge < -0.3 is 24.3 Å². The number of rotatable bonds is 14. The van der Waals surface area contributed by atoms with Crippen LogP contribution in [0.1, 0.15) is 46.4 Å². The third kappa shape index (κ3) is 7.80. The summed E-state index contributed by atoms with van der Waals surface area (Å²) in [5.41, 5.74) is 4.71. The number of nitrogens with zero attached hydrogens (tertiary/aromatic N) is 5. The molecule has 48 heavy (non-hydrogen) atoms. The van der Waals surface area contributed by atoms with Gasteiger partial charge in [0, 0.05) is 62.8 Å². The van der Waals surface area contributed by atoms with Gasteiger partial charge in [-0.3, -0.25) is 19.0 Å². The lowest BCUT2D eigenvalue weighted by Crippen LogP contribution is -2.27. The highest BCUT2D eigenvalue weighted by atomic mass is 35.5. The largest absolute Gasteiger partial charge is 0.486 e. The molecule has 0 unspecified atom stereocenters. The molecule has 250 valence electrons. The Labute approximate surface area is 288 Å². The van der Waals surface area contributed by atoms with Crippen LogP contribution in [0.15, 0.2) is 67.1 Å². The van der Waals surface area contributed by atoms with Crippen molar-refractivity contribution in [3.8, 4) is 11.8 Å². The SMILES string of the molecule is CNC(=O)c1ccc(CCC(=O)CCC(=O)N(C)c2ccc(Cl)c(COc3cccc4c3nc(OC)n4Cc3cn(C)cn3)c2Cl)cc1. The predicted octanol–water partition coefficient (Wildman–Crippen LogP) is 6.02. The number of fused-ring (bicyclic) bond motifs is 1. The molecule has 0 aliphatic heterocycles. The first kappa shape index (κ1) is 34.5. The quantitative estimate of drug-likeness (QED) is 0.151. The number of carbonyl (C=O) groups excluding carboxylic acids is 3. The van der Waals surface area contributed by atoms with E-state index in [4.69, 9.17) is 32.7 Å². The van der Waals surface area contributed by atoms with Gasteiger partial charge in [0.05, 0.1) is 41.9 Å². The molecule has 11 nitrogen and oxygen atoms in total. The number of amides is 2. The van der Waals surface area contributed by atoms with Crippen LogP contribution in [-0.4, -0.2) is 57.9 Å². The Hall–Kier alpha value is -4.87. The van der Waals surface area contributed by atoms with Crippen molar-refractivity contribution in [2.75, 3.05) is 26.1 Å². The highest BCUT2D eigenvalue weighted by molar-refractivity contribution is 6.38. The van der Waals surface area contributed by atoms with E-state index in [9.17, 15) is 14.4 Å². The van der Waals surface area contributed by atoms with Gasteiger partial charge in [0.25, 0.3) is 11.9 Å². The predicted molar refractivity (Wildman–Crippen MR) is 185 cm³/mol. The van der Waals surface area contributed by atoms with Crippen molar-refractivity contribution in [3.05, 3.63) is 99.6 Å². The summed E-state index contributed by atoms with van der Waals surface area (Å²) in [4.78, 5) is 47.9. The molecule has 5 aromatic rings. The summed E-state index contributed by atoms with van der Waals surface area (Å²) in [7, 11) is 6.66. The van der Waals surface area contributed by atoms with Gasteiger partial charge in [-0.05, 0) is 48.4 Å². The second-order valence-corrected chi connectivity index (χ2v) is 12.0. The smallest absolute Gasteiger partial charge is 0.297 e. The van der Waals surface area contributed by atoms with Gasteiger partial charge >= 0.3 is 0 Å². The van der Waals surface area contributed by atoms with E-state index in [2.05, 4.69) is 15.3 Å². The Morgan fingerprint density at radius 3 is 2.46 bits per heavy atom. The average Bonchev–Trinajstić information content (AvgIpc) is 3.68. The fraction of sp³-hybridized carbons (Fsp3) is 0.286. The van der Waals surface area contributed by atoms with Crippen molar-refractivity contribution < 1.29 is 23.9 Å². The zero-order valence-corrected chi connectivity index (χ0v) is 28.6. The molecule has 2 heterocycles. The number of hydrogen-bond donors (Lipinski definition) is 1. The lowest BCUT2D eigenvalue weighted by Gasteiger charge is -2.21. The topological polar surface area (TPSA) is 121 Å². The van der Waals surface area contributed by atoms with Crippen LogP contribution in [0.5, 0.6) is 11.8 Å². The van der Waals surface area contributed by atoms with Gasteiger partial charge in [-0.25, -0.2) is 4.98 Å². The minimum Gasteiger partial charge on any atom is -0.486 e. The van der Waals surface area contributed by atoms with Crippen LogP contribution in [0.25, 0.3) is 11.0 Å². The Morgan fingerprint density at radius 1 is 1.00 bits per heavy atom. The van der Waals surface area contributed by atoms with Crippen LogP contribution >= 0.6 is 23.2 Å². The number of methoxy groups -OCH3 is 1. The maximum Gasteiger partial charge on any atom is 0.297 e. The number of aryl methyl sites for hydroxylation is 2. The number of aromatic nitrogens is 4. The fourth-order valence-corrected chi connectivity index (χ4v) is 5.89. The van der Waals surface area contributed by atoms with E-state index in [0.29, 0.717) is 58.5 Å². The van der Waals surface area contributed by atoms with Crippen LogP contribution < -0.4 is 19.7 Å². The number of benzene rings is 3. The third-order valence-corrected chi connectivity index (χ3v) is 8.77. The number of carbonyl (C=O) groups is 3. The first-order valence-corrected chi connectivity index (χ1v) is 16.0. The molecule has 0 bridgehead atoms. The normalized spacial score (nSPS) is 11.0. The van der Waals surface area contributed by atoms with E-state index < -0.39 is 0 Å². The van der Waals surface area contributed by atoms with E-state index in [0.717, 1.165) is 16.8 Å². The lowest BCUT2D eigenvalue weighted by atomic mass is 10.0. The van der Waals surface area contributed by atoms with Crippen LogP contribution in [0.3, 0.4) is 0 Å². The van der Waals surface area contributed by atoms with Gasteiger partial charge in [-0.1, -0.05) is 41.4 Å². The zero-order valence-electron chi connectivity index (χ0n) is 27.1. The van der Waals surface area contributed by atoms with Crippen molar-refractivity contribution in [1.29, 1.82) is 0 Å². The second kappa shape index (κ2) is 15.4. The molecular weight excluding hydrogens is 655 g/mol. The van der Waals surface area contributed by atoms with Gasteiger partial charge in [-0.15, -0.1) is 0 Å². The highest BCUT2D eigenvalue weighted by Gasteiger charge is 2.21. The van der Waals surface area contributed by atoms with E-state index in [1.165, 1.54) is 4.90 Å². The van der Waals surface area contributed by atoms with E-state index in [-0.39, 0.29) is 42.1 Å². The Kier molecular flexibility index (Phi) is 11.0. The van der Waals surface area contributed by atoms with Gasteiger partial charge in [0.1, 0.15) is 23.7 Å². The van der Waals surface area contributed by atoms with Crippen molar-refractivity contribution >= 4 is 57.5 Å². The number of anilines is 1. The number of para-hydroxylation sites is 1. The summed E-state index contributed by atoms with van der Waals surface area (Å²) in [5.74, 6) is 0.0509. The molecule has 5 rings (SSSR count). The average molecular weight is 692 g/mol. The molecule has 2 aromatic heterocycles. The molecule has 1 N–H and O–H groups in total. The summed E-state index contributed by atoms with van der Waals surface area (Å²) in [6.45, 7) is 0.481. The van der Waals surface area contributed by atoms with E-state index in [1.54, 1.807) is 57.9 Å². The molecule has 0 radical (unpaired) electrons. The number of hydrogen-bond acceptors (Lipinski definition) is 7. The molecule has 0 fully saturated rings. The molecule has 0 saturated carbocycles. The Bertz CT molecular complexity index is 1950. The number of nitrogens with one attached hydrogen (secondary N) is 1.